The fourth-order valence-corrected chi connectivity index (χ4v) is 1.52. The van der Waals surface area contributed by atoms with Gasteiger partial charge in [-0.05, 0) is 6.42 Å². The largest absolute Gasteiger partial charge is 0.392 e. The van der Waals surface area contributed by atoms with Gasteiger partial charge in [0.15, 0.2) is 0 Å². The molecule has 0 radical (unpaired) electrons. The Morgan fingerprint density at radius 2 is 2.46 bits per heavy atom. The van der Waals surface area contributed by atoms with Crippen LogP contribution < -0.4 is 5.73 Å². The van der Waals surface area contributed by atoms with Gasteiger partial charge in [0.25, 0.3) is 0 Å². The Labute approximate surface area is 79.7 Å². The van der Waals surface area contributed by atoms with E-state index in [1.807, 2.05) is 6.92 Å². The van der Waals surface area contributed by atoms with Gasteiger partial charge in [-0.15, -0.1) is 0 Å². The van der Waals surface area contributed by atoms with Crippen LogP contribution in [0.2, 0.25) is 0 Å². The number of hydrogen-bond donors (Lipinski definition) is 2. The second-order valence-corrected chi connectivity index (χ2v) is 3.55. The van der Waals surface area contributed by atoms with E-state index in [4.69, 9.17) is 10.5 Å². The molecule has 13 heavy (non-hydrogen) atoms. The lowest BCUT2D eigenvalue weighted by Gasteiger charge is -2.33. The van der Waals surface area contributed by atoms with Crippen molar-refractivity contribution in [3.05, 3.63) is 0 Å². The van der Waals surface area contributed by atoms with Gasteiger partial charge < -0.3 is 15.6 Å². The molecule has 0 spiro atoms. The van der Waals surface area contributed by atoms with Gasteiger partial charge in [-0.2, -0.15) is 0 Å². The van der Waals surface area contributed by atoms with Crippen molar-refractivity contribution in [1.29, 1.82) is 0 Å². The van der Waals surface area contributed by atoms with Crippen LogP contribution in [0.25, 0.3) is 0 Å². The molecule has 0 aromatic heterocycles. The van der Waals surface area contributed by atoms with Crippen LogP contribution in [0.3, 0.4) is 0 Å². The van der Waals surface area contributed by atoms with Crippen LogP contribution >= 0.6 is 0 Å². The molecular weight excluding hydrogens is 168 g/mol. The summed E-state index contributed by atoms with van der Waals surface area (Å²) in [7, 11) is 0. The zero-order chi connectivity index (χ0) is 9.68. The lowest BCUT2D eigenvalue weighted by Crippen LogP contribution is -2.47. The molecule has 0 aliphatic carbocycles. The smallest absolute Gasteiger partial charge is 0.0824 e. The summed E-state index contributed by atoms with van der Waals surface area (Å²) >= 11 is 0. The number of aliphatic hydroxyl groups is 1. The molecule has 1 fully saturated rings. The minimum Gasteiger partial charge on any atom is -0.392 e. The van der Waals surface area contributed by atoms with Gasteiger partial charge >= 0.3 is 0 Å². The number of β-amino-alcohol motifs (C(OH)–C–C–N with tert-alkyl or cyclic N) is 1. The maximum absolute atomic E-state index is 9.46. The predicted octanol–water partition coefficient (Wildman–Crippen LogP) is -0.583. The molecule has 3 N–H and O–H groups in total. The maximum atomic E-state index is 9.46. The summed E-state index contributed by atoms with van der Waals surface area (Å²) in [4.78, 5) is 2.22. The highest BCUT2D eigenvalue weighted by atomic mass is 16.5. The Morgan fingerprint density at radius 3 is 3.08 bits per heavy atom. The molecule has 2 atom stereocenters. The summed E-state index contributed by atoms with van der Waals surface area (Å²) in [5.41, 5.74) is 5.51. The highest BCUT2D eigenvalue weighted by molar-refractivity contribution is 4.73. The maximum Gasteiger partial charge on any atom is 0.0824 e. The zero-order valence-electron chi connectivity index (χ0n) is 8.28. The van der Waals surface area contributed by atoms with Crippen LogP contribution in [0.1, 0.15) is 13.3 Å². The number of aliphatic hydroxyl groups excluding tert-OH is 1. The average molecular weight is 188 g/mol. The van der Waals surface area contributed by atoms with Crippen LogP contribution in [0, 0.1) is 0 Å². The van der Waals surface area contributed by atoms with E-state index in [0.717, 1.165) is 32.7 Å². The van der Waals surface area contributed by atoms with E-state index in [1.165, 1.54) is 0 Å². The van der Waals surface area contributed by atoms with E-state index in [2.05, 4.69) is 4.90 Å². The SMILES string of the molecule is CCC(O)CN1CCOC(CN)C1. The normalized spacial score (nSPS) is 27.5. The van der Waals surface area contributed by atoms with Gasteiger partial charge in [-0.1, -0.05) is 6.92 Å². The molecule has 2 unspecified atom stereocenters. The Balaban J connectivity index is 2.25. The molecule has 4 heteroatoms. The Bertz CT molecular complexity index is 142. The highest BCUT2D eigenvalue weighted by Crippen LogP contribution is 2.05. The van der Waals surface area contributed by atoms with Crippen LogP contribution in [0.4, 0.5) is 0 Å². The topological polar surface area (TPSA) is 58.7 Å². The average Bonchev–Trinajstić information content (AvgIpc) is 2.18. The summed E-state index contributed by atoms with van der Waals surface area (Å²) in [5, 5.41) is 9.46. The zero-order valence-corrected chi connectivity index (χ0v) is 8.28. The number of hydrogen-bond acceptors (Lipinski definition) is 4. The van der Waals surface area contributed by atoms with Crippen LogP contribution in [0.5, 0.6) is 0 Å². The van der Waals surface area contributed by atoms with Gasteiger partial charge in [-0.3, -0.25) is 4.90 Å². The minimum atomic E-state index is -0.212. The van der Waals surface area contributed by atoms with Crippen molar-refractivity contribution in [1.82, 2.24) is 4.90 Å². The summed E-state index contributed by atoms with van der Waals surface area (Å²) in [6.45, 7) is 5.81. The third kappa shape index (κ3) is 3.60. The molecule has 1 rings (SSSR count). The molecular formula is C9H20N2O2. The second kappa shape index (κ2) is 5.54. The fourth-order valence-electron chi connectivity index (χ4n) is 1.52. The minimum absolute atomic E-state index is 0.151. The lowest BCUT2D eigenvalue weighted by atomic mass is 10.2. The Hall–Kier alpha value is -0.160. The summed E-state index contributed by atoms with van der Waals surface area (Å²) < 4.78 is 5.42. The lowest BCUT2D eigenvalue weighted by molar-refractivity contribution is -0.0360. The van der Waals surface area contributed by atoms with E-state index in [9.17, 15) is 5.11 Å². The van der Waals surface area contributed by atoms with Crippen molar-refractivity contribution in [2.75, 3.05) is 32.8 Å². The molecule has 0 saturated carbocycles. The molecule has 1 heterocycles. The van der Waals surface area contributed by atoms with Gasteiger partial charge in [0.2, 0.25) is 0 Å². The Morgan fingerprint density at radius 1 is 1.69 bits per heavy atom. The van der Waals surface area contributed by atoms with Crippen molar-refractivity contribution in [3.63, 3.8) is 0 Å². The Kier molecular flexibility index (Phi) is 4.66. The molecule has 0 amide bonds. The second-order valence-electron chi connectivity index (χ2n) is 3.55. The molecule has 0 bridgehead atoms. The van der Waals surface area contributed by atoms with Gasteiger partial charge in [0.05, 0.1) is 18.8 Å². The van der Waals surface area contributed by atoms with Crippen molar-refractivity contribution < 1.29 is 9.84 Å². The fraction of sp³-hybridized carbons (Fsp3) is 1.00. The molecule has 78 valence electrons. The monoisotopic (exact) mass is 188 g/mol. The molecule has 4 nitrogen and oxygen atoms in total. The quantitative estimate of drug-likeness (QED) is 0.619. The third-order valence-corrected chi connectivity index (χ3v) is 2.43. The number of nitrogens with zero attached hydrogens (tertiary/aromatic N) is 1. The summed E-state index contributed by atoms with van der Waals surface area (Å²) in [5.74, 6) is 0. The number of rotatable bonds is 4. The van der Waals surface area contributed by atoms with E-state index in [0.29, 0.717) is 6.54 Å². The van der Waals surface area contributed by atoms with Gasteiger partial charge in [-0.25, -0.2) is 0 Å². The summed E-state index contributed by atoms with van der Waals surface area (Å²) in [6, 6.07) is 0. The van der Waals surface area contributed by atoms with E-state index in [1.54, 1.807) is 0 Å². The van der Waals surface area contributed by atoms with Crippen LogP contribution in [-0.2, 0) is 4.74 Å². The van der Waals surface area contributed by atoms with Crippen molar-refractivity contribution in [2.24, 2.45) is 5.73 Å². The first-order chi connectivity index (χ1) is 6.26. The molecule has 1 aliphatic heterocycles. The highest BCUT2D eigenvalue weighted by Gasteiger charge is 2.20. The molecule has 0 aromatic rings. The number of ether oxygens (including phenoxy) is 1. The van der Waals surface area contributed by atoms with Crippen molar-refractivity contribution in [2.45, 2.75) is 25.6 Å². The van der Waals surface area contributed by atoms with Gasteiger partial charge in [0.1, 0.15) is 0 Å². The first-order valence-corrected chi connectivity index (χ1v) is 4.98. The third-order valence-electron chi connectivity index (χ3n) is 2.43. The number of nitrogens with two attached hydrogens (primary N) is 1. The summed E-state index contributed by atoms with van der Waals surface area (Å²) in [6.07, 6.45) is 0.749. The van der Waals surface area contributed by atoms with E-state index in [-0.39, 0.29) is 12.2 Å². The first kappa shape index (κ1) is 10.9. The van der Waals surface area contributed by atoms with Crippen LogP contribution in [0.15, 0.2) is 0 Å². The van der Waals surface area contributed by atoms with E-state index >= 15 is 0 Å². The predicted molar refractivity (Wildman–Crippen MR) is 51.5 cm³/mol. The molecule has 1 saturated heterocycles. The van der Waals surface area contributed by atoms with Crippen molar-refractivity contribution >= 4 is 0 Å². The standard InChI is InChI=1S/C9H20N2O2/c1-2-8(12)6-11-3-4-13-9(5-10)7-11/h8-9,12H,2-7,10H2,1H3. The molecule has 1 aliphatic rings. The van der Waals surface area contributed by atoms with E-state index < -0.39 is 0 Å². The van der Waals surface area contributed by atoms with Crippen LogP contribution in [-0.4, -0.2) is 55.0 Å². The van der Waals surface area contributed by atoms with Crippen molar-refractivity contribution in [3.8, 4) is 0 Å². The molecule has 0 aromatic carbocycles. The first-order valence-electron chi connectivity index (χ1n) is 4.98. The number of morpholine rings is 1. The van der Waals surface area contributed by atoms with Gasteiger partial charge in [0, 0.05) is 26.2 Å².